The number of benzene rings is 1. The van der Waals surface area contributed by atoms with Crippen LogP contribution in [-0.2, 0) is 11.0 Å². The predicted octanol–water partition coefficient (Wildman–Crippen LogP) is 3.31. The van der Waals surface area contributed by atoms with Crippen molar-refractivity contribution in [2.75, 3.05) is 31.1 Å². The minimum Gasteiger partial charge on any atom is -0.352 e. The molecule has 0 atom stereocenters. The van der Waals surface area contributed by atoms with Crippen LogP contribution in [0.5, 0.6) is 0 Å². The molecule has 35 heavy (non-hydrogen) atoms. The topological polar surface area (TPSA) is 95.1 Å². The van der Waals surface area contributed by atoms with Gasteiger partial charge in [0.2, 0.25) is 0 Å². The summed E-state index contributed by atoms with van der Waals surface area (Å²) in [7, 11) is 0. The number of rotatable bonds is 4. The van der Waals surface area contributed by atoms with E-state index in [0.717, 1.165) is 12.1 Å². The van der Waals surface area contributed by atoms with Crippen LogP contribution in [0.25, 0.3) is 5.69 Å². The number of pyridine rings is 1. The van der Waals surface area contributed by atoms with Gasteiger partial charge in [-0.25, -0.2) is 9.67 Å². The largest absolute Gasteiger partial charge is 0.416 e. The third-order valence-electron chi connectivity index (χ3n) is 5.90. The Labute approximate surface area is 199 Å². The highest BCUT2D eigenvalue weighted by Gasteiger charge is 2.33. The summed E-state index contributed by atoms with van der Waals surface area (Å²) in [5.74, 6) is -0.939. The van der Waals surface area contributed by atoms with Gasteiger partial charge < -0.3 is 9.80 Å². The number of halogens is 3. The Balaban J connectivity index is 1.52. The number of Topliss-reactive ketones (excluding diaryl/α,β-unsaturated/α-hetero) is 1. The summed E-state index contributed by atoms with van der Waals surface area (Å²) in [6, 6.07) is 10.1. The van der Waals surface area contributed by atoms with E-state index in [2.05, 4.69) is 16.2 Å². The van der Waals surface area contributed by atoms with Crippen LogP contribution in [0.2, 0.25) is 0 Å². The van der Waals surface area contributed by atoms with Gasteiger partial charge in [-0.15, -0.1) is 0 Å². The second-order valence-electron chi connectivity index (χ2n) is 8.10. The molecule has 0 radical (unpaired) electrons. The van der Waals surface area contributed by atoms with Gasteiger partial charge in [-0.1, -0.05) is 6.07 Å². The van der Waals surface area contributed by atoms with E-state index in [9.17, 15) is 28.0 Å². The van der Waals surface area contributed by atoms with Crippen LogP contribution >= 0.6 is 0 Å². The standard InChI is InChI=1S/C24H21F3N6O2/c1-15-20(16(2)33(30-15)19-7-3-6-18(13-19)24(25,26)27)21(34)23(35)32-11-9-31(10-12-32)22-17(14-28)5-4-8-29-22/h3-8,13H,9-12H2,1-2H3. The molecule has 8 nitrogen and oxygen atoms in total. The summed E-state index contributed by atoms with van der Waals surface area (Å²) in [6.45, 7) is 4.39. The Hall–Kier alpha value is -4.20. The Bertz CT molecular complexity index is 1330. The number of hydrogen-bond donors (Lipinski definition) is 0. The molecule has 1 aliphatic heterocycles. The number of anilines is 1. The first-order valence-electron chi connectivity index (χ1n) is 10.8. The molecule has 1 amide bonds. The zero-order valence-electron chi connectivity index (χ0n) is 19.0. The van der Waals surface area contributed by atoms with Crippen LogP contribution in [-0.4, -0.2) is 57.5 Å². The number of carbonyl (C=O) groups is 2. The maximum Gasteiger partial charge on any atom is 0.416 e. The van der Waals surface area contributed by atoms with Gasteiger partial charge in [-0.2, -0.15) is 23.5 Å². The first-order chi connectivity index (χ1) is 16.6. The molecule has 0 N–H and O–H groups in total. The van der Waals surface area contributed by atoms with E-state index in [0.29, 0.717) is 24.5 Å². The lowest BCUT2D eigenvalue weighted by atomic mass is 10.1. The van der Waals surface area contributed by atoms with Crippen molar-refractivity contribution in [3.8, 4) is 11.8 Å². The van der Waals surface area contributed by atoms with Crippen LogP contribution in [0.1, 0.15) is 32.9 Å². The molecule has 3 heterocycles. The highest BCUT2D eigenvalue weighted by molar-refractivity contribution is 6.43. The second kappa shape index (κ2) is 9.21. The van der Waals surface area contributed by atoms with Crippen molar-refractivity contribution in [1.82, 2.24) is 19.7 Å². The Kier molecular flexibility index (Phi) is 6.30. The summed E-state index contributed by atoms with van der Waals surface area (Å²) < 4.78 is 40.6. The normalized spacial score (nSPS) is 14.1. The minimum absolute atomic E-state index is 0.0753. The zero-order valence-corrected chi connectivity index (χ0v) is 19.0. The molecule has 3 aromatic rings. The fourth-order valence-corrected chi connectivity index (χ4v) is 4.14. The first-order valence-corrected chi connectivity index (χ1v) is 10.8. The number of nitrogens with zero attached hydrogens (tertiary/aromatic N) is 6. The number of hydrogen-bond acceptors (Lipinski definition) is 6. The van der Waals surface area contributed by atoms with Gasteiger partial charge in [0.1, 0.15) is 11.9 Å². The van der Waals surface area contributed by atoms with Gasteiger partial charge >= 0.3 is 6.18 Å². The fraction of sp³-hybridized carbons (Fsp3) is 0.292. The number of carbonyl (C=O) groups excluding carboxylic acids is 2. The SMILES string of the molecule is Cc1nn(-c2cccc(C(F)(F)F)c2)c(C)c1C(=O)C(=O)N1CCN(c2ncccc2C#N)CC1. The summed E-state index contributed by atoms with van der Waals surface area (Å²) in [5, 5.41) is 13.5. The molecule has 2 aromatic heterocycles. The van der Waals surface area contributed by atoms with Crippen molar-refractivity contribution in [2.24, 2.45) is 0 Å². The summed E-state index contributed by atoms with van der Waals surface area (Å²) in [6.07, 6.45) is -2.93. The first kappa shape index (κ1) is 23.9. The zero-order chi connectivity index (χ0) is 25.3. The Morgan fingerprint density at radius 3 is 2.43 bits per heavy atom. The van der Waals surface area contributed by atoms with Crippen molar-refractivity contribution in [3.05, 3.63) is 70.7 Å². The third-order valence-corrected chi connectivity index (χ3v) is 5.90. The van der Waals surface area contributed by atoms with E-state index in [1.165, 1.54) is 21.7 Å². The van der Waals surface area contributed by atoms with E-state index in [1.54, 1.807) is 32.2 Å². The molecule has 0 aliphatic carbocycles. The highest BCUT2D eigenvalue weighted by Crippen LogP contribution is 2.31. The van der Waals surface area contributed by atoms with Crippen molar-refractivity contribution in [1.29, 1.82) is 5.26 Å². The molecule has 1 aliphatic rings. The van der Waals surface area contributed by atoms with Crippen molar-refractivity contribution >= 4 is 17.5 Å². The summed E-state index contributed by atoms with van der Waals surface area (Å²) in [5.41, 5.74) is 0.346. The predicted molar refractivity (Wildman–Crippen MR) is 120 cm³/mol. The second-order valence-corrected chi connectivity index (χ2v) is 8.10. The van der Waals surface area contributed by atoms with Gasteiger partial charge in [0.15, 0.2) is 0 Å². The van der Waals surface area contributed by atoms with Gasteiger partial charge in [0, 0.05) is 32.4 Å². The summed E-state index contributed by atoms with van der Waals surface area (Å²) >= 11 is 0. The van der Waals surface area contributed by atoms with E-state index in [4.69, 9.17) is 0 Å². The number of aromatic nitrogens is 3. The lowest BCUT2D eigenvalue weighted by molar-refractivity contribution is -0.137. The molecule has 1 fully saturated rings. The Morgan fingerprint density at radius 2 is 1.77 bits per heavy atom. The van der Waals surface area contributed by atoms with Crippen molar-refractivity contribution < 1.29 is 22.8 Å². The molecule has 1 aromatic carbocycles. The number of piperazine rings is 1. The van der Waals surface area contributed by atoms with Crippen LogP contribution in [0.3, 0.4) is 0 Å². The fourth-order valence-electron chi connectivity index (χ4n) is 4.14. The molecule has 1 saturated heterocycles. The quantitative estimate of drug-likeness (QED) is 0.418. The summed E-state index contributed by atoms with van der Waals surface area (Å²) in [4.78, 5) is 33.7. The van der Waals surface area contributed by atoms with Crippen LogP contribution in [0, 0.1) is 25.2 Å². The average Bonchev–Trinajstić information content (AvgIpc) is 3.16. The van der Waals surface area contributed by atoms with Crippen molar-refractivity contribution in [3.63, 3.8) is 0 Å². The molecule has 0 bridgehead atoms. The van der Waals surface area contributed by atoms with Gasteiger partial charge in [0.25, 0.3) is 11.7 Å². The third kappa shape index (κ3) is 4.59. The monoisotopic (exact) mass is 482 g/mol. The highest BCUT2D eigenvalue weighted by atomic mass is 19.4. The minimum atomic E-state index is -4.52. The maximum absolute atomic E-state index is 13.1. The molecule has 11 heteroatoms. The molecule has 0 unspecified atom stereocenters. The smallest absolute Gasteiger partial charge is 0.352 e. The number of nitriles is 1. The average molecular weight is 482 g/mol. The molecule has 0 saturated carbocycles. The molecular weight excluding hydrogens is 461 g/mol. The van der Waals surface area contributed by atoms with Crippen molar-refractivity contribution in [2.45, 2.75) is 20.0 Å². The maximum atomic E-state index is 13.1. The number of aryl methyl sites for hydroxylation is 1. The van der Waals surface area contributed by atoms with Crippen LogP contribution in [0.15, 0.2) is 42.6 Å². The van der Waals surface area contributed by atoms with E-state index < -0.39 is 23.4 Å². The van der Waals surface area contributed by atoms with Crippen LogP contribution in [0.4, 0.5) is 19.0 Å². The van der Waals surface area contributed by atoms with Gasteiger partial charge in [0.05, 0.1) is 33.8 Å². The molecule has 180 valence electrons. The van der Waals surface area contributed by atoms with E-state index in [1.807, 2.05) is 4.90 Å². The number of alkyl halides is 3. The number of ketones is 1. The lowest BCUT2D eigenvalue weighted by Crippen LogP contribution is -2.51. The lowest BCUT2D eigenvalue weighted by Gasteiger charge is -2.35. The molecular formula is C24H21F3N6O2. The van der Waals surface area contributed by atoms with E-state index >= 15 is 0 Å². The van der Waals surface area contributed by atoms with Crippen LogP contribution < -0.4 is 4.90 Å². The van der Waals surface area contributed by atoms with E-state index in [-0.39, 0.29) is 35.7 Å². The van der Waals surface area contributed by atoms with Gasteiger partial charge in [-0.3, -0.25) is 9.59 Å². The van der Waals surface area contributed by atoms with Gasteiger partial charge in [-0.05, 0) is 44.2 Å². The molecule has 4 rings (SSSR count). The number of amides is 1. The Morgan fingerprint density at radius 1 is 1.06 bits per heavy atom. The molecule has 0 spiro atoms.